The van der Waals surface area contributed by atoms with Gasteiger partial charge in [-0.15, -0.1) is 0 Å². The molecule has 0 fully saturated rings. The summed E-state index contributed by atoms with van der Waals surface area (Å²) in [5, 5.41) is 0.738. The van der Waals surface area contributed by atoms with E-state index in [4.69, 9.17) is 17.3 Å². The molecule has 0 spiro atoms. The van der Waals surface area contributed by atoms with Gasteiger partial charge in [-0.25, -0.2) is 0 Å². The second-order valence-corrected chi connectivity index (χ2v) is 5.68. The second kappa shape index (κ2) is 6.37. The van der Waals surface area contributed by atoms with Crippen molar-refractivity contribution in [2.75, 3.05) is 0 Å². The Labute approximate surface area is 121 Å². The van der Waals surface area contributed by atoms with E-state index in [0.717, 1.165) is 22.3 Å². The van der Waals surface area contributed by atoms with E-state index in [-0.39, 0.29) is 6.04 Å². The van der Waals surface area contributed by atoms with Crippen molar-refractivity contribution in [3.8, 4) is 0 Å². The van der Waals surface area contributed by atoms with Crippen molar-refractivity contribution in [2.24, 2.45) is 5.73 Å². The van der Waals surface area contributed by atoms with Gasteiger partial charge >= 0.3 is 0 Å². The predicted octanol–water partition coefficient (Wildman–Crippen LogP) is 4.22. The van der Waals surface area contributed by atoms with Crippen molar-refractivity contribution in [1.82, 2.24) is 0 Å². The van der Waals surface area contributed by atoms with E-state index in [1.54, 1.807) is 0 Å². The van der Waals surface area contributed by atoms with Crippen molar-refractivity contribution in [2.45, 2.75) is 18.9 Å². The normalized spacial score (nSPS) is 12.4. The van der Waals surface area contributed by atoms with Crippen LogP contribution in [0.1, 0.15) is 11.1 Å². The molecule has 2 aromatic rings. The molecule has 1 unspecified atom stereocenters. The fraction of sp³-hybridized carbons (Fsp3) is 0.200. The zero-order chi connectivity index (χ0) is 13.0. The summed E-state index contributed by atoms with van der Waals surface area (Å²) >= 11 is 9.44. The minimum Gasteiger partial charge on any atom is -0.327 e. The van der Waals surface area contributed by atoms with Gasteiger partial charge in [-0.05, 0) is 36.1 Å². The number of hydrogen-bond acceptors (Lipinski definition) is 1. The first kappa shape index (κ1) is 13.6. The summed E-state index contributed by atoms with van der Waals surface area (Å²) in [4.78, 5) is 0. The molecule has 2 N–H and O–H groups in total. The first-order valence-corrected chi connectivity index (χ1v) is 7.05. The number of halogens is 2. The summed E-state index contributed by atoms with van der Waals surface area (Å²) in [5.41, 5.74) is 8.66. The lowest BCUT2D eigenvalue weighted by Crippen LogP contribution is -2.25. The van der Waals surface area contributed by atoms with E-state index in [1.807, 2.05) is 36.4 Å². The molecule has 94 valence electrons. The lowest BCUT2D eigenvalue weighted by Gasteiger charge is -2.13. The molecule has 0 saturated heterocycles. The van der Waals surface area contributed by atoms with E-state index in [0.29, 0.717) is 0 Å². The molecular formula is C15H15BrClN. The first-order valence-electron chi connectivity index (χ1n) is 5.88. The molecule has 0 aliphatic heterocycles. The third kappa shape index (κ3) is 3.84. The molecule has 3 heteroatoms. The smallest absolute Gasteiger partial charge is 0.0417 e. The molecule has 1 atom stereocenters. The van der Waals surface area contributed by atoms with E-state index >= 15 is 0 Å². The maximum Gasteiger partial charge on any atom is 0.0417 e. The Bertz CT molecular complexity index is 513. The van der Waals surface area contributed by atoms with Gasteiger partial charge in [0.1, 0.15) is 0 Å². The molecule has 0 radical (unpaired) electrons. The molecule has 0 aliphatic carbocycles. The molecular weight excluding hydrogens is 310 g/mol. The van der Waals surface area contributed by atoms with Crippen LogP contribution in [0.2, 0.25) is 5.02 Å². The number of hydrogen-bond donors (Lipinski definition) is 1. The maximum absolute atomic E-state index is 6.19. The largest absolute Gasteiger partial charge is 0.327 e. The highest BCUT2D eigenvalue weighted by atomic mass is 79.9. The lowest BCUT2D eigenvalue weighted by atomic mass is 10.00. The van der Waals surface area contributed by atoms with Gasteiger partial charge in [0.05, 0.1) is 0 Å². The fourth-order valence-electron chi connectivity index (χ4n) is 1.96. The van der Waals surface area contributed by atoms with Crippen LogP contribution < -0.4 is 5.73 Å². The third-order valence-corrected chi connectivity index (χ3v) is 3.81. The molecule has 18 heavy (non-hydrogen) atoms. The van der Waals surface area contributed by atoms with Crippen molar-refractivity contribution in [3.05, 3.63) is 69.2 Å². The van der Waals surface area contributed by atoms with Crippen LogP contribution in [0.3, 0.4) is 0 Å². The van der Waals surface area contributed by atoms with Gasteiger partial charge in [-0.2, -0.15) is 0 Å². The molecule has 0 bridgehead atoms. The Morgan fingerprint density at radius 1 is 1.06 bits per heavy atom. The van der Waals surface area contributed by atoms with Gasteiger partial charge in [0.2, 0.25) is 0 Å². The molecule has 0 aliphatic rings. The quantitative estimate of drug-likeness (QED) is 0.895. The summed E-state index contributed by atoms with van der Waals surface area (Å²) in [6.07, 6.45) is 1.72. The summed E-state index contributed by atoms with van der Waals surface area (Å²) in [6.45, 7) is 0. The SMILES string of the molecule is NC(Cc1ccccc1)Cc1ccc(Cl)cc1Br. The van der Waals surface area contributed by atoms with Gasteiger partial charge in [0.25, 0.3) is 0 Å². The lowest BCUT2D eigenvalue weighted by molar-refractivity contribution is 0.663. The van der Waals surface area contributed by atoms with E-state index in [2.05, 4.69) is 28.1 Å². The second-order valence-electron chi connectivity index (χ2n) is 4.39. The molecule has 0 amide bonds. The van der Waals surface area contributed by atoms with Crippen LogP contribution in [0.25, 0.3) is 0 Å². The summed E-state index contributed by atoms with van der Waals surface area (Å²) < 4.78 is 1.03. The molecule has 0 saturated carbocycles. The highest BCUT2D eigenvalue weighted by Crippen LogP contribution is 2.22. The summed E-state index contributed by atoms with van der Waals surface area (Å²) in [5.74, 6) is 0. The van der Waals surface area contributed by atoms with Crippen LogP contribution >= 0.6 is 27.5 Å². The third-order valence-electron chi connectivity index (χ3n) is 2.84. The van der Waals surface area contributed by atoms with Crippen LogP contribution in [-0.2, 0) is 12.8 Å². The van der Waals surface area contributed by atoms with E-state index in [9.17, 15) is 0 Å². The van der Waals surface area contributed by atoms with Crippen LogP contribution in [-0.4, -0.2) is 6.04 Å². The Morgan fingerprint density at radius 2 is 1.78 bits per heavy atom. The van der Waals surface area contributed by atoms with E-state index < -0.39 is 0 Å². The first-order chi connectivity index (χ1) is 8.65. The van der Waals surface area contributed by atoms with Crippen LogP contribution in [0.5, 0.6) is 0 Å². The Kier molecular flexibility index (Phi) is 4.81. The van der Waals surface area contributed by atoms with Crippen molar-refractivity contribution in [1.29, 1.82) is 0 Å². The Hall–Kier alpha value is -0.830. The summed E-state index contributed by atoms with van der Waals surface area (Å²) in [7, 11) is 0. The Morgan fingerprint density at radius 3 is 2.44 bits per heavy atom. The van der Waals surface area contributed by atoms with Crippen LogP contribution in [0.15, 0.2) is 53.0 Å². The highest BCUT2D eigenvalue weighted by molar-refractivity contribution is 9.10. The van der Waals surface area contributed by atoms with Gasteiger partial charge in [0.15, 0.2) is 0 Å². The van der Waals surface area contributed by atoms with Gasteiger partial charge in [-0.3, -0.25) is 0 Å². The molecule has 1 nitrogen and oxygen atoms in total. The van der Waals surface area contributed by atoms with Gasteiger partial charge in [-0.1, -0.05) is 63.9 Å². The zero-order valence-corrected chi connectivity index (χ0v) is 12.3. The van der Waals surface area contributed by atoms with Gasteiger partial charge < -0.3 is 5.73 Å². The summed E-state index contributed by atoms with van der Waals surface area (Å²) in [6, 6.07) is 16.3. The van der Waals surface area contributed by atoms with Crippen LogP contribution in [0, 0.1) is 0 Å². The predicted molar refractivity (Wildman–Crippen MR) is 81.0 cm³/mol. The van der Waals surface area contributed by atoms with Crippen LogP contribution in [0.4, 0.5) is 0 Å². The van der Waals surface area contributed by atoms with Gasteiger partial charge in [0, 0.05) is 15.5 Å². The molecule has 2 aromatic carbocycles. The number of rotatable bonds is 4. The molecule has 0 heterocycles. The number of nitrogens with two attached hydrogens (primary N) is 1. The molecule has 2 rings (SSSR count). The van der Waals surface area contributed by atoms with E-state index in [1.165, 1.54) is 11.1 Å². The standard InChI is InChI=1S/C15H15BrClN/c16-15-10-13(17)7-6-12(15)9-14(18)8-11-4-2-1-3-5-11/h1-7,10,14H,8-9,18H2. The Balaban J connectivity index is 2.01. The topological polar surface area (TPSA) is 26.0 Å². The molecule has 0 aromatic heterocycles. The zero-order valence-electron chi connectivity index (χ0n) is 9.94. The average Bonchev–Trinajstić information content (AvgIpc) is 2.34. The van der Waals surface area contributed by atoms with Crippen molar-refractivity contribution >= 4 is 27.5 Å². The minimum absolute atomic E-state index is 0.116. The van der Waals surface area contributed by atoms with Crippen molar-refractivity contribution in [3.63, 3.8) is 0 Å². The average molecular weight is 325 g/mol. The van der Waals surface area contributed by atoms with Crippen molar-refractivity contribution < 1.29 is 0 Å². The number of benzene rings is 2. The monoisotopic (exact) mass is 323 g/mol. The maximum atomic E-state index is 6.19. The highest BCUT2D eigenvalue weighted by Gasteiger charge is 2.08. The minimum atomic E-state index is 0.116. The fourth-order valence-corrected chi connectivity index (χ4v) is 2.80.